The highest BCUT2D eigenvalue weighted by Gasteiger charge is 2.41. The Morgan fingerprint density at radius 2 is 1.83 bits per heavy atom. The van der Waals surface area contributed by atoms with E-state index in [1.54, 1.807) is 12.3 Å². The second kappa shape index (κ2) is 12.3. The molecule has 4 aliphatic rings. The molecule has 2 N–H and O–H groups in total. The number of fused-ring (bicyclic) bond motifs is 1. The summed E-state index contributed by atoms with van der Waals surface area (Å²) in [5.41, 5.74) is 1.68. The molecule has 8 nitrogen and oxygen atoms in total. The summed E-state index contributed by atoms with van der Waals surface area (Å²) in [4.78, 5) is 27.4. The molecular weight excluding hydrogens is 633 g/mol. The number of rotatable bonds is 10. The van der Waals surface area contributed by atoms with Crippen LogP contribution in [0.3, 0.4) is 0 Å². The summed E-state index contributed by atoms with van der Waals surface area (Å²) in [7, 11) is -4.02. The fourth-order valence-corrected chi connectivity index (χ4v) is 8.48. The predicted molar refractivity (Wildman–Crippen MR) is 169 cm³/mol. The van der Waals surface area contributed by atoms with Crippen LogP contribution in [0.4, 0.5) is 13.2 Å². The van der Waals surface area contributed by atoms with E-state index in [1.165, 1.54) is 42.3 Å². The quantitative estimate of drug-likeness (QED) is 0.347. The van der Waals surface area contributed by atoms with E-state index in [2.05, 4.69) is 23.1 Å². The van der Waals surface area contributed by atoms with Crippen LogP contribution in [0.2, 0.25) is 0 Å². The number of likely N-dealkylation sites (tertiary alicyclic amines) is 2. The third-order valence-electron chi connectivity index (χ3n) is 10.1. The van der Waals surface area contributed by atoms with Crippen LogP contribution < -0.4 is 0 Å². The van der Waals surface area contributed by atoms with Crippen molar-refractivity contribution in [2.45, 2.75) is 56.7 Å². The van der Waals surface area contributed by atoms with Crippen LogP contribution in [0.1, 0.15) is 59.4 Å². The highest BCUT2D eigenvalue weighted by molar-refractivity contribution is 7.95. The fraction of sp³-hybridized carbons (Fsp3) is 0.429. The van der Waals surface area contributed by atoms with Gasteiger partial charge in [-0.05, 0) is 79.9 Å². The second-order valence-electron chi connectivity index (χ2n) is 13.3. The summed E-state index contributed by atoms with van der Waals surface area (Å²) in [5, 5.41) is 19.1. The van der Waals surface area contributed by atoms with Gasteiger partial charge >= 0.3 is 18.1 Å². The Labute approximate surface area is 271 Å². The molecule has 2 aliphatic carbocycles. The van der Waals surface area contributed by atoms with E-state index in [9.17, 15) is 41.4 Å². The Hall–Kier alpha value is -3.90. The number of benzene rings is 2. The van der Waals surface area contributed by atoms with Crippen molar-refractivity contribution in [3.8, 4) is 0 Å². The van der Waals surface area contributed by atoms with E-state index in [0.29, 0.717) is 25.1 Å². The van der Waals surface area contributed by atoms with Crippen LogP contribution in [0.25, 0.3) is 0 Å². The summed E-state index contributed by atoms with van der Waals surface area (Å²) < 4.78 is 66.4. The van der Waals surface area contributed by atoms with Crippen molar-refractivity contribution in [1.82, 2.24) is 9.80 Å². The van der Waals surface area contributed by atoms with Crippen molar-refractivity contribution in [2.24, 2.45) is 5.41 Å². The minimum absolute atomic E-state index is 0.0854. The molecule has 0 bridgehead atoms. The van der Waals surface area contributed by atoms with E-state index in [1.807, 2.05) is 4.90 Å². The maximum Gasteiger partial charge on any atom is 0.416 e. The molecule has 0 radical (unpaired) electrons. The zero-order valence-corrected chi connectivity index (χ0v) is 26.7. The first kappa shape index (κ1) is 33.0. The minimum Gasteiger partial charge on any atom is -0.481 e. The van der Waals surface area contributed by atoms with Gasteiger partial charge in [-0.2, -0.15) is 13.2 Å². The molecule has 3 atom stereocenters. The lowest BCUT2D eigenvalue weighted by Gasteiger charge is -2.40. The molecule has 2 saturated heterocycles. The van der Waals surface area contributed by atoms with E-state index in [0.717, 1.165) is 43.6 Å². The average molecular weight is 671 g/mol. The largest absolute Gasteiger partial charge is 0.481 e. The van der Waals surface area contributed by atoms with Gasteiger partial charge in [-0.15, -0.1) is 0 Å². The van der Waals surface area contributed by atoms with Crippen LogP contribution in [0.5, 0.6) is 0 Å². The van der Waals surface area contributed by atoms with Crippen molar-refractivity contribution in [3.05, 3.63) is 105 Å². The number of sulfone groups is 1. The number of hydrogen-bond donors (Lipinski definition) is 2. The van der Waals surface area contributed by atoms with Gasteiger partial charge in [-0.3, -0.25) is 9.69 Å². The topological polar surface area (TPSA) is 115 Å². The van der Waals surface area contributed by atoms with Gasteiger partial charge in [-0.1, -0.05) is 48.6 Å². The lowest BCUT2D eigenvalue weighted by Crippen LogP contribution is -2.47. The normalized spacial score (nSPS) is 25.1. The summed E-state index contributed by atoms with van der Waals surface area (Å²) in [6.07, 6.45) is 3.18. The van der Waals surface area contributed by atoms with E-state index >= 15 is 0 Å². The number of carboxylic acids is 2. The summed E-state index contributed by atoms with van der Waals surface area (Å²) in [5.74, 6) is -2.83. The summed E-state index contributed by atoms with van der Waals surface area (Å²) >= 11 is 0. The zero-order chi connectivity index (χ0) is 33.7. The number of aliphatic carboxylic acids is 2. The number of nitrogens with zero attached hydrogens (tertiary/aromatic N) is 2. The van der Waals surface area contributed by atoms with Crippen LogP contribution >= 0.6 is 0 Å². The Kier molecular flexibility index (Phi) is 8.63. The number of hydrogen-bond acceptors (Lipinski definition) is 6. The molecule has 2 fully saturated rings. The van der Waals surface area contributed by atoms with Gasteiger partial charge in [0.2, 0.25) is 0 Å². The first-order chi connectivity index (χ1) is 22.1. The number of alkyl halides is 3. The monoisotopic (exact) mass is 670 g/mol. The second-order valence-corrected chi connectivity index (χ2v) is 15.3. The van der Waals surface area contributed by atoms with Crippen molar-refractivity contribution in [2.75, 3.05) is 31.9 Å². The Morgan fingerprint density at radius 1 is 1.09 bits per heavy atom. The van der Waals surface area contributed by atoms with Crippen molar-refractivity contribution >= 4 is 21.8 Å². The first-order valence-electron chi connectivity index (χ1n) is 15.7. The molecule has 2 aliphatic heterocycles. The lowest BCUT2D eigenvalue weighted by atomic mass is 9.80. The molecule has 0 amide bonds. The Balaban J connectivity index is 1.12. The number of carboxylic acid groups (broad SMARTS) is 2. The number of carbonyl (C=O) groups is 2. The van der Waals surface area contributed by atoms with Gasteiger partial charge in [-0.25, -0.2) is 13.2 Å². The smallest absolute Gasteiger partial charge is 0.416 e. The van der Waals surface area contributed by atoms with Gasteiger partial charge in [0.1, 0.15) is 0 Å². The standard InChI is InChI=1S/C35H37F3N2O6S/c1-34(33(43)44)10-9-31(29(19-34)32(41)42)47(45,46)14-4-11-39-20-25(21-39)23-7-8-24-18-30(40-12-3-13-40)28(27(24)17-23)16-22-5-2-6-26(15-22)35(36,37)38/h2,4-11,15,17,25,28,30H,3,12-14,16,18-21H2,1H3,(H,41,42)(H,43,44). The zero-order valence-electron chi connectivity index (χ0n) is 25.9. The van der Waals surface area contributed by atoms with Gasteiger partial charge in [0, 0.05) is 37.4 Å². The molecule has 0 saturated carbocycles. The Bertz CT molecular complexity index is 1790. The first-order valence-corrected chi connectivity index (χ1v) is 17.4. The molecule has 3 unspecified atom stereocenters. The van der Waals surface area contributed by atoms with E-state index < -0.39 is 56.7 Å². The van der Waals surface area contributed by atoms with Crippen molar-refractivity contribution in [1.29, 1.82) is 0 Å². The third kappa shape index (κ3) is 6.62. The van der Waals surface area contributed by atoms with E-state index in [4.69, 9.17) is 0 Å². The van der Waals surface area contributed by atoms with Gasteiger partial charge < -0.3 is 15.1 Å². The molecule has 2 aromatic carbocycles. The molecule has 2 aromatic rings. The van der Waals surface area contributed by atoms with Crippen LogP contribution in [0.15, 0.2) is 77.4 Å². The fourth-order valence-electron chi connectivity index (χ4n) is 7.15. The highest BCUT2D eigenvalue weighted by Crippen LogP contribution is 2.43. The Morgan fingerprint density at radius 3 is 2.47 bits per heavy atom. The van der Waals surface area contributed by atoms with Crippen LogP contribution in [-0.4, -0.2) is 78.3 Å². The number of allylic oxidation sites excluding steroid dienone is 1. The summed E-state index contributed by atoms with van der Waals surface area (Å²) in [6.45, 7) is 4.65. The van der Waals surface area contributed by atoms with E-state index in [-0.39, 0.29) is 22.8 Å². The third-order valence-corrected chi connectivity index (χ3v) is 11.8. The minimum atomic E-state index is -4.39. The predicted octanol–water partition coefficient (Wildman–Crippen LogP) is 5.38. The SMILES string of the molecule is CC1(C(=O)O)C=CC(S(=O)(=O)CC=CN2CC(c3ccc4c(c3)C(Cc3cccc(C(F)(F)F)c3)C(N3CCC3)C4)C2)=C(C(=O)O)C1. The number of halogens is 3. The average Bonchev–Trinajstić information content (AvgIpc) is 3.29. The molecule has 12 heteroatoms. The maximum atomic E-state index is 13.4. The molecule has 250 valence electrons. The molecule has 0 spiro atoms. The van der Waals surface area contributed by atoms with Gasteiger partial charge in [0.15, 0.2) is 9.84 Å². The highest BCUT2D eigenvalue weighted by atomic mass is 32.2. The maximum absolute atomic E-state index is 13.4. The molecular formula is C35H37F3N2O6S. The molecule has 6 rings (SSSR count). The van der Waals surface area contributed by atoms with Gasteiger partial charge in [0.05, 0.1) is 27.2 Å². The van der Waals surface area contributed by atoms with Crippen LogP contribution in [0, 0.1) is 5.41 Å². The van der Waals surface area contributed by atoms with Crippen LogP contribution in [-0.2, 0) is 38.4 Å². The van der Waals surface area contributed by atoms with Gasteiger partial charge in [0.25, 0.3) is 0 Å². The van der Waals surface area contributed by atoms with Crippen molar-refractivity contribution in [3.63, 3.8) is 0 Å². The molecule has 47 heavy (non-hydrogen) atoms. The molecule has 0 aromatic heterocycles. The lowest BCUT2D eigenvalue weighted by molar-refractivity contribution is -0.145. The summed E-state index contributed by atoms with van der Waals surface area (Å²) in [6, 6.07) is 12.4. The van der Waals surface area contributed by atoms with Crippen molar-refractivity contribution < 1.29 is 41.4 Å². The molecule has 2 heterocycles.